The third-order valence-corrected chi connectivity index (χ3v) is 6.70. The average molecular weight is 483 g/mol. The van der Waals surface area contributed by atoms with E-state index < -0.39 is 10.0 Å². The molecule has 3 aromatic carbocycles. The summed E-state index contributed by atoms with van der Waals surface area (Å²) in [4.78, 5) is 13.0. The number of hydrogen-bond donors (Lipinski definition) is 2. The van der Waals surface area contributed by atoms with Gasteiger partial charge in [-0.25, -0.2) is 8.42 Å². The lowest BCUT2D eigenvalue weighted by Gasteiger charge is -2.13. The number of halogens is 1. The van der Waals surface area contributed by atoms with Crippen LogP contribution in [0.15, 0.2) is 77.3 Å². The number of sulfonamides is 1. The number of carbonyl (C=O) groups excluding carboxylic acids is 1. The van der Waals surface area contributed by atoms with Gasteiger partial charge in [0.15, 0.2) is 0 Å². The maximum Gasteiger partial charge on any atom is 0.257 e. The molecule has 5 nitrogen and oxygen atoms in total. The fraction of sp³-hybridized carbons (Fsp3) is 0.0870. The highest BCUT2D eigenvalue weighted by molar-refractivity contribution is 9.10. The maximum absolute atomic E-state index is 13.0. The van der Waals surface area contributed by atoms with Crippen LogP contribution >= 0.6 is 15.9 Å². The van der Waals surface area contributed by atoms with Crippen molar-refractivity contribution in [3.8, 4) is 0 Å². The van der Waals surface area contributed by atoms with E-state index in [9.17, 15) is 13.2 Å². The molecule has 0 aromatic heterocycles. The topological polar surface area (TPSA) is 75.3 Å². The fourth-order valence-electron chi connectivity index (χ4n) is 3.41. The summed E-state index contributed by atoms with van der Waals surface area (Å²) < 4.78 is 27.5. The monoisotopic (exact) mass is 482 g/mol. The van der Waals surface area contributed by atoms with Gasteiger partial charge in [0.05, 0.1) is 11.3 Å². The van der Waals surface area contributed by atoms with Gasteiger partial charge in [0.1, 0.15) is 0 Å². The lowest BCUT2D eigenvalue weighted by Crippen LogP contribution is -2.14. The quantitative estimate of drug-likeness (QED) is 0.495. The largest absolute Gasteiger partial charge is 0.321 e. The summed E-state index contributed by atoms with van der Waals surface area (Å²) >= 11 is 3.46. The van der Waals surface area contributed by atoms with Gasteiger partial charge >= 0.3 is 0 Å². The molecule has 0 fully saturated rings. The second-order valence-electron chi connectivity index (χ2n) is 6.84. The van der Waals surface area contributed by atoms with Gasteiger partial charge in [-0.15, -0.1) is 0 Å². The standard InChI is InChI=1S/C23H19BrN2O3S/c1-2-30(28,29)26-18-12-13-20-19(14-18)22(23(27)25-20)21(15-6-4-3-5-7-15)16-8-10-17(24)11-9-16/h3-14,26H,2H2,1H3,(H,25,27). The molecule has 0 saturated carbocycles. The Bertz CT molecular complexity index is 1250. The van der Waals surface area contributed by atoms with Gasteiger partial charge in [-0.1, -0.05) is 58.4 Å². The summed E-state index contributed by atoms with van der Waals surface area (Å²) in [7, 11) is -3.43. The van der Waals surface area contributed by atoms with E-state index in [1.54, 1.807) is 25.1 Å². The molecule has 0 radical (unpaired) electrons. The second kappa shape index (κ2) is 8.08. The number of rotatable bonds is 5. The summed E-state index contributed by atoms with van der Waals surface area (Å²) in [5.41, 5.74) is 4.83. The molecular formula is C23H19BrN2O3S. The molecule has 0 aliphatic carbocycles. The Morgan fingerprint density at radius 3 is 2.30 bits per heavy atom. The number of amides is 1. The molecule has 0 saturated heterocycles. The Kier molecular flexibility index (Phi) is 5.49. The molecule has 4 rings (SSSR count). The Morgan fingerprint density at radius 2 is 1.63 bits per heavy atom. The van der Waals surface area contributed by atoms with Crippen LogP contribution < -0.4 is 10.0 Å². The van der Waals surface area contributed by atoms with Gasteiger partial charge < -0.3 is 5.32 Å². The zero-order chi connectivity index (χ0) is 21.3. The fourth-order valence-corrected chi connectivity index (χ4v) is 4.30. The molecule has 1 amide bonds. The first-order valence-electron chi connectivity index (χ1n) is 9.40. The zero-order valence-electron chi connectivity index (χ0n) is 16.1. The van der Waals surface area contributed by atoms with Gasteiger partial charge in [-0.05, 0) is 48.4 Å². The third-order valence-electron chi connectivity index (χ3n) is 4.86. The molecule has 3 aromatic rings. The van der Waals surface area contributed by atoms with Crippen LogP contribution in [0.3, 0.4) is 0 Å². The first kappa shape index (κ1) is 20.4. The molecule has 0 unspecified atom stereocenters. The molecule has 1 aliphatic rings. The number of carbonyl (C=O) groups is 1. The van der Waals surface area contributed by atoms with Gasteiger partial charge in [-0.2, -0.15) is 0 Å². The van der Waals surface area contributed by atoms with Crippen LogP contribution in [0, 0.1) is 0 Å². The highest BCUT2D eigenvalue weighted by atomic mass is 79.9. The lowest BCUT2D eigenvalue weighted by atomic mass is 9.90. The Morgan fingerprint density at radius 1 is 0.967 bits per heavy atom. The molecule has 0 spiro atoms. The van der Waals surface area contributed by atoms with Crippen molar-refractivity contribution in [2.45, 2.75) is 6.92 Å². The van der Waals surface area contributed by atoms with Crippen molar-refractivity contribution in [1.82, 2.24) is 0 Å². The molecule has 2 N–H and O–H groups in total. The van der Waals surface area contributed by atoms with Crippen molar-refractivity contribution in [2.75, 3.05) is 15.8 Å². The summed E-state index contributed by atoms with van der Waals surface area (Å²) in [6.45, 7) is 1.58. The van der Waals surface area contributed by atoms with Crippen molar-refractivity contribution < 1.29 is 13.2 Å². The lowest BCUT2D eigenvalue weighted by molar-refractivity contribution is -0.110. The van der Waals surface area contributed by atoms with E-state index in [4.69, 9.17) is 0 Å². The van der Waals surface area contributed by atoms with E-state index in [0.717, 1.165) is 21.2 Å². The minimum Gasteiger partial charge on any atom is -0.321 e. The van der Waals surface area contributed by atoms with Crippen LogP contribution in [0.1, 0.15) is 23.6 Å². The molecule has 30 heavy (non-hydrogen) atoms. The molecule has 7 heteroatoms. The highest BCUT2D eigenvalue weighted by Gasteiger charge is 2.29. The predicted octanol–water partition coefficient (Wildman–Crippen LogP) is 5.12. The van der Waals surface area contributed by atoms with E-state index in [2.05, 4.69) is 26.0 Å². The van der Waals surface area contributed by atoms with Crippen LogP contribution in [0.25, 0.3) is 11.1 Å². The molecule has 0 atom stereocenters. The van der Waals surface area contributed by atoms with Crippen LogP contribution in [-0.4, -0.2) is 20.1 Å². The van der Waals surface area contributed by atoms with Crippen molar-refractivity contribution in [3.05, 3.63) is 94.0 Å². The van der Waals surface area contributed by atoms with Crippen LogP contribution in [0.2, 0.25) is 0 Å². The predicted molar refractivity (Wildman–Crippen MR) is 125 cm³/mol. The van der Waals surface area contributed by atoms with Gasteiger partial charge in [0.2, 0.25) is 10.0 Å². The Balaban J connectivity index is 1.95. The van der Waals surface area contributed by atoms with Gasteiger partial charge in [0, 0.05) is 27.0 Å². The van der Waals surface area contributed by atoms with Crippen molar-refractivity contribution in [2.24, 2.45) is 0 Å². The molecule has 152 valence electrons. The SMILES string of the molecule is CCS(=O)(=O)Nc1ccc2c(c1)C(=C(c1ccccc1)c1ccc(Br)cc1)C(=O)N2. The van der Waals surface area contributed by atoms with E-state index in [1.807, 2.05) is 54.6 Å². The third kappa shape index (κ3) is 4.04. The maximum atomic E-state index is 13.0. The highest BCUT2D eigenvalue weighted by Crippen LogP contribution is 2.41. The summed E-state index contributed by atoms with van der Waals surface area (Å²) in [5, 5.41) is 2.90. The molecule has 1 heterocycles. The average Bonchev–Trinajstić information content (AvgIpc) is 3.05. The van der Waals surface area contributed by atoms with Crippen molar-refractivity contribution in [3.63, 3.8) is 0 Å². The van der Waals surface area contributed by atoms with Gasteiger partial charge in [-0.3, -0.25) is 9.52 Å². The molecular weight excluding hydrogens is 464 g/mol. The van der Waals surface area contributed by atoms with Crippen LogP contribution in [-0.2, 0) is 14.8 Å². The number of fused-ring (bicyclic) bond motifs is 1. The summed E-state index contributed by atoms with van der Waals surface area (Å²) in [6.07, 6.45) is 0. The van der Waals surface area contributed by atoms with Crippen LogP contribution in [0.4, 0.5) is 11.4 Å². The number of nitrogens with one attached hydrogen (secondary N) is 2. The van der Waals surface area contributed by atoms with E-state index >= 15 is 0 Å². The number of hydrogen-bond acceptors (Lipinski definition) is 3. The first-order chi connectivity index (χ1) is 14.4. The van der Waals surface area contributed by atoms with E-state index in [-0.39, 0.29) is 11.7 Å². The Hall–Kier alpha value is -2.90. The van der Waals surface area contributed by atoms with Gasteiger partial charge in [0.25, 0.3) is 5.91 Å². The first-order valence-corrected chi connectivity index (χ1v) is 11.8. The Labute approximate surface area is 184 Å². The number of anilines is 2. The summed E-state index contributed by atoms with van der Waals surface area (Å²) in [5.74, 6) is -0.250. The minimum absolute atomic E-state index is 0.0296. The normalized spacial score (nSPS) is 14.8. The van der Waals surface area contributed by atoms with Crippen molar-refractivity contribution >= 4 is 54.4 Å². The second-order valence-corrected chi connectivity index (χ2v) is 9.77. The molecule has 0 bridgehead atoms. The number of benzene rings is 3. The smallest absolute Gasteiger partial charge is 0.257 e. The van der Waals surface area contributed by atoms with Crippen LogP contribution in [0.5, 0.6) is 0 Å². The van der Waals surface area contributed by atoms with E-state index in [1.165, 1.54) is 0 Å². The van der Waals surface area contributed by atoms with Crippen molar-refractivity contribution in [1.29, 1.82) is 0 Å². The molecule has 1 aliphatic heterocycles. The zero-order valence-corrected chi connectivity index (χ0v) is 18.5. The summed E-state index contributed by atoms with van der Waals surface area (Å²) in [6, 6.07) is 22.5. The minimum atomic E-state index is -3.43. The van der Waals surface area contributed by atoms with E-state index in [0.29, 0.717) is 22.5 Å².